The van der Waals surface area contributed by atoms with E-state index in [0.29, 0.717) is 19.8 Å². The van der Waals surface area contributed by atoms with Crippen molar-refractivity contribution in [1.29, 1.82) is 0 Å². The minimum atomic E-state index is 0.169. The van der Waals surface area contributed by atoms with Crippen LogP contribution in [0.5, 0.6) is 0 Å². The molecule has 0 amide bonds. The molecule has 8 nitrogen and oxygen atoms in total. The van der Waals surface area contributed by atoms with Crippen molar-refractivity contribution in [2.45, 2.75) is 38.8 Å². The lowest BCUT2D eigenvalue weighted by atomic mass is 10.3. The van der Waals surface area contributed by atoms with Crippen molar-refractivity contribution in [3.8, 4) is 0 Å². The van der Waals surface area contributed by atoms with E-state index in [-0.39, 0.29) is 12.1 Å². The molecule has 0 saturated carbocycles. The van der Waals surface area contributed by atoms with Crippen LogP contribution in [0.4, 0.5) is 0 Å². The van der Waals surface area contributed by atoms with Crippen LogP contribution in [0, 0.1) is 0 Å². The SMILES string of the molecule is CCNC(=NCCc1nnc2ccccn12)NC(C)COC1CCOC1. The third-order valence-corrected chi connectivity index (χ3v) is 4.19. The van der Waals surface area contributed by atoms with Gasteiger partial charge in [-0.15, -0.1) is 10.2 Å². The summed E-state index contributed by atoms with van der Waals surface area (Å²) in [6.07, 6.45) is 3.91. The molecule has 1 fully saturated rings. The first kappa shape index (κ1) is 18.6. The molecule has 0 aliphatic carbocycles. The average molecular weight is 360 g/mol. The molecule has 1 saturated heterocycles. The highest BCUT2D eigenvalue weighted by molar-refractivity contribution is 5.80. The molecule has 2 N–H and O–H groups in total. The van der Waals surface area contributed by atoms with Gasteiger partial charge in [-0.1, -0.05) is 6.07 Å². The maximum atomic E-state index is 5.86. The molecule has 3 heterocycles. The van der Waals surface area contributed by atoms with Crippen LogP contribution in [0.1, 0.15) is 26.1 Å². The number of rotatable bonds is 8. The van der Waals surface area contributed by atoms with Crippen molar-refractivity contribution in [2.24, 2.45) is 4.99 Å². The predicted molar refractivity (Wildman–Crippen MR) is 100 cm³/mol. The Morgan fingerprint density at radius 3 is 3.19 bits per heavy atom. The Labute approximate surface area is 154 Å². The lowest BCUT2D eigenvalue weighted by Crippen LogP contribution is -2.44. The topological polar surface area (TPSA) is 85.1 Å². The minimum Gasteiger partial charge on any atom is -0.379 e. The van der Waals surface area contributed by atoms with Gasteiger partial charge in [0, 0.05) is 38.4 Å². The number of nitrogens with one attached hydrogen (secondary N) is 2. The maximum Gasteiger partial charge on any atom is 0.191 e. The third-order valence-electron chi connectivity index (χ3n) is 4.19. The predicted octanol–water partition coefficient (Wildman–Crippen LogP) is 1.02. The van der Waals surface area contributed by atoms with Gasteiger partial charge in [0.1, 0.15) is 5.82 Å². The Morgan fingerprint density at radius 2 is 2.38 bits per heavy atom. The van der Waals surface area contributed by atoms with Crippen molar-refractivity contribution in [3.05, 3.63) is 30.2 Å². The molecule has 0 radical (unpaired) electrons. The summed E-state index contributed by atoms with van der Waals surface area (Å²) in [6.45, 7) is 7.72. The van der Waals surface area contributed by atoms with E-state index in [1.165, 1.54) is 0 Å². The molecule has 2 unspecified atom stereocenters. The van der Waals surface area contributed by atoms with Crippen molar-refractivity contribution in [2.75, 3.05) is 32.9 Å². The second-order valence-electron chi connectivity index (χ2n) is 6.42. The molecule has 26 heavy (non-hydrogen) atoms. The van der Waals surface area contributed by atoms with Gasteiger partial charge in [-0.25, -0.2) is 0 Å². The Kier molecular flexibility index (Phi) is 6.79. The highest BCUT2D eigenvalue weighted by Crippen LogP contribution is 2.08. The van der Waals surface area contributed by atoms with Crippen LogP contribution < -0.4 is 10.6 Å². The van der Waals surface area contributed by atoms with Gasteiger partial charge >= 0.3 is 0 Å². The number of aromatic nitrogens is 3. The summed E-state index contributed by atoms with van der Waals surface area (Å²) in [5, 5.41) is 15.1. The van der Waals surface area contributed by atoms with Gasteiger partial charge in [0.15, 0.2) is 11.6 Å². The Hall–Kier alpha value is -2.19. The van der Waals surface area contributed by atoms with Crippen LogP contribution in [-0.2, 0) is 15.9 Å². The normalized spacial score (nSPS) is 19.0. The zero-order valence-corrected chi connectivity index (χ0v) is 15.5. The zero-order chi connectivity index (χ0) is 18.2. The lowest BCUT2D eigenvalue weighted by molar-refractivity contribution is 0.0347. The van der Waals surface area contributed by atoms with E-state index in [1.54, 1.807) is 0 Å². The molecular weight excluding hydrogens is 332 g/mol. The van der Waals surface area contributed by atoms with Crippen LogP contribution in [0.15, 0.2) is 29.4 Å². The standard InChI is InChI=1S/C18H28N6O2/c1-3-19-18(21-14(2)12-26-15-8-11-25-13-15)20-9-7-17-23-22-16-6-4-5-10-24(16)17/h4-6,10,14-15H,3,7-9,11-13H2,1-2H3,(H2,19,20,21). The van der Waals surface area contributed by atoms with Crippen molar-refractivity contribution in [3.63, 3.8) is 0 Å². The molecule has 2 aromatic heterocycles. The summed E-state index contributed by atoms with van der Waals surface area (Å²) in [5.74, 6) is 1.71. The molecule has 0 spiro atoms. The van der Waals surface area contributed by atoms with Crippen molar-refractivity contribution in [1.82, 2.24) is 25.2 Å². The summed E-state index contributed by atoms with van der Waals surface area (Å²) < 4.78 is 13.2. The summed E-state index contributed by atoms with van der Waals surface area (Å²) in [6, 6.07) is 6.05. The smallest absolute Gasteiger partial charge is 0.191 e. The molecule has 3 rings (SSSR count). The number of hydrogen-bond donors (Lipinski definition) is 2. The fraction of sp³-hybridized carbons (Fsp3) is 0.611. The monoisotopic (exact) mass is 360 g/mol. The molecule has 0 aromatic carbocycles. The van der Waals surface area contributed by atoms with E-state index in [9.17, 15) is 0 Å². The third kappa shape index (κ3) is 5.15. The van der Waals surface area contributed by atoms with Gasteiger partial charge in [0.05, 0.1) is 19.3 Å². The molecular formula is C18H28N6O2. The Balaban J connectivity index is 1.49. The van der Waals surface area contributed by atoms with Crippen LogP contribution in [0.3, 0.4) is 0 Å². The highest BCUT2D eigenvalue weighted by atomic mass is 16.5. The second-order valence-corrected chi connectivity index (χ2v) is 6.42. The maximum absolute atomic E-state index is 5.86. The molecule has 8 heteroatoms. The molecule has 1 aliphatic rings. The van der Waals surface area contributed by atoms with E-state index in [1.807, 2.05) is 28.8 Å². The average Bonchev–Trinajstić information content (AvgIpc) is 3.30. The summed E-state index contributed by atoms with van der Waals surface area (Å²) in [4.78, 5) is 4.65. The van der Waals surface area contributed by atoms with Gasteiger partial charge in [-0.3, -0.25) is 9.39 Å². The van der Waals surface area contributed by atoms with E-state index in [4.69, 9.17) is 9.47 Å². The Morgan fingerprint density at radius 1 is 1.46 bits per heavy atom. The number of aliphatic imine (C=N–C) groups is 1. The van der Waals surface area contributed by atoms with E-state index >= 15 is 0 Å². The number of nitrogens with zero attached hydrogens (tertiary/aromatic N) is 4. The molecule has 2 atom stereocenters. The summed E-state index contributed by atoms with van der Waals surface area (Å²) >= 11 is 0. The second kappa shape index (κ2) is 9.49. The van der Waals surface area contributed by atoms with E-state index < -0.39 is 0 Å². The van der Waals surface area contributed by atoms with Crippen molar-refractivity contribution < 1.29 is 9.47 Å². The van der Waals surface area contributed by atoms with E-state index in [0.717, 1.165) is 43.4 Å². The number of ether oxygens (including phenoxy) is 2. The quantitative estimate of drug-likeness (QED) is 0.540. The highest BCUT2D eigenvalue weighted by Gasteiger charge is 2.17. The fourth-order valence-corrected chi connectivity index (χ4v) is 2.85. The number of pyridine rings is 1. The van der Waals surface area contributed by atoms with Crippen LogP contribution in [0.2, 0.25) is 0 Å². The minimum absolute atomic E-state index is 0.169. The van der Waals surface area contributed by atoms with Crippen molar-refractivity contribution >= 4 is 11.6 Å². The first-order valence-electron chi connectivity index (χ1n) is 9.29. The summed E-state index contributed by atoms with van der Waals surface area (Å²) in [5.41, 5.74) is 0.859. The van der Waals surface area contributed by atoms with Gasteiger partial charge < -0.3 is 20.1 Å². The largest absolute Gasteiger partial charge is 0.379 e. The van der Waals surface area contributed by atoms with Gasteiger partial charge in [0.25, 0.3) is 0 Å². The first-order valence-corrected chi connectivity index (χ1v) is 9.29. The first-order chi connectivity index (χ1) is 12.8. The number of hydrogen-bond acceptors (Lipinski definition) is 5. The van der Waals surface area contributed by atoms with Gasteiger partial charge in [0.2, 0.25) is 0 Å². The van der Waals surface area contributed by atoms with Crippen LogP contribution in [0.25, 0.3) is 5.65 Å². The molecule has 2 aromatic rings. The molecule has 1 aliphatic heterocycles. The molecule has 142 valence electrons. The van der Waals surface area contributed by atoms with Crippen LogP contribution in [-0.4, -0.2) is 65.6 Å². The molecule has 0 bridgehead atoms. The number of guanidine groups is 1. The number of fused-ring (bicyclic) bond motifs is 1. The van der Waals surface area contributed by atoms with Gasteiger partial charge in [-0.2, -0.15) is 0 Å². The Bertz CT molecular complexity index is 711. The zero-order valence-electron chi connectivity index (χ0n) is 15.5. The summed E-state index contributed by atoms with van der Waals surface area (Å²) in [7, 11) is 0. The van der Waals surface area contributed by atoms with E-state index in [2.05, 4.69) is 39.7 Å². The lowest BCUT2D eigenvalue weighted by Gasteiger charge is -2.19. The van der Waals surface area contributed by atoms with Gasteiger partial charge in [-0.05, 0) is 32.4 Å². The fourth-order valence-electron chi connectivity index (χ4n) is 2.85. The van der Waals surface area contributed by atoms with Crippen LogP contribution >= 0.6 is 0 Å².